The number of rotatable bonds is 9. The molecular formula is C19H15F3N7O6-. The number of aromatic nitrogens is 4. The Hall–Kier alpha value is -4.76. The van der Waals surface area contributed by atoms with Crippen molar-refractivity contribution in [2.75, 3.05) is 11.1 Å². The van der Waals surface area contributed by atoms with E-state index >= 15 is 0 Å². The summed E-state index contributed by atoms with van der Waals surface area (Å²) in [6.07, 6.45) is -2.43. The van der Waals surface area contributed by atoms with Gasteiger partial charge in [0.25, 0.3) is 11.5 Å². The maximum absolute atomic E-state index is 13.9. The number of nitrogens with zero attached hydrogens (tertiary/aromatic N) is 3. The van der Waals surface area contributed by atoms with Gasteiger partial charge in [0.1, 0.15) is 5.97 Å². The maximum Gasteiger partial charge on any atom is 0.329 e. The van der Waals surface area contributed by atoms with Gasteiger partial charge in [-0.25, -0.2) is 19.2 Å². The molecule has 2 heterocycles. The van der Waals surface area contributed by atoms with Crippen molar-refractivity contribution in [3.05, 3.63) is 52.1 Å². The Labute approximate surface area is 192 Å². The monoisotopic (exact) mass is 494 g/mol. The molecular weight excluding hydrogens is 479 g/mol. The molecule has 16 heteroatoms. The van der Waals surface area contributed by atoms with E-state index in [4.69, 9.17) is 10.8 Å². The summed E-state index contributed by atoms with van der Waals surface area (Å²) in [4.78, 5) is 59.9. The largest absolute Gasteiger partial charge is 0.544 e. The highest BCUT2D eigenvalue weighted by molar-refractivity contribution is 5.97. The number of nitrogens with one attached hydrogen (secondary N) is 3. The number of aliphatic carboxylic acids is 2. The van der Waals surface area contributed by atoms with Crippen molar-refractivity contribution in [1.29, 1.82) is 0 Å². The number of nitrogens with two attached hydrogens (primary N) is 1. The number of anilines is 2. The van der Waals surface area contributed by atoms with Crippen molar-refractivity contribution in [1.82, 2.24) is 25.3 Å². The first kappa shape index (κ1) is 24.9. The number of hydrogen-bond acceptors (Lipinski definition) is 10. The molecule has 1 amide bonds. The molecule has 0 spiro atoms. The van der Waals surface area contributed by atoms with Gasteiger partial charge in [0, 0.05) is 11.3 Å². The molecule has 3 rings (SSSR count). The number of carboxylic acids is 2. The number of fused-ring (bicyclic) bond motifs is 1. The molecule has 6 N–H and O–H groups in total. The number of H-pyrrole nitrogens is 1. The van der Waals surface area contributed by atoms with E-state index in [0.29, 0.717) is 11.4 Å². The lowest BCUT2D eigenvalue weighted by molar-refractivity contribution is -0.334. The molecule has 0 saturated heterocycles. The number of nitrogen functional groups attached to an aromatic ring is 1. The van der Waals surface area contributed by atoms with E-state index in [2.05, 4.69) is 25.3 Å². The lowest BCUT2D eigenvalue weighted by atomic mass is 10.1. The van der Waals surface area contributed by atoms with E-state index in [1.165, 1.54) is 35.8 Å². The minimum Gasteiger partial charge on any atom is -0.544 e. The van der Waals surface area contributed by atoms with Crippen LogP contribution in [0.25, 0.3) is 11.2 Å². The van der Waals surface area contributed by atoms with Gasteiger partial charge in [0.2, 0.25) is 5.95 Å². The highest BCUT2D eigenvalue weighted by Gasteiger charge is 2.50. The first-order valence-electron chi connectivity index (χ1n) is 9.52. The van der Waals surface area contributed by atoms with Crippen molar-refractivity contribution >= 4 is 40.6 Å². The first-order chi connectivity index (χ1) is 16.4. The molecule has 2 aromatic heterocycles. The molecule has 13 nitrogen and oxygen atoms in total. The van der Waals surface area contributed by atoms with Gasteiger partial charge in [-0.2, -0.15) is 13.8 Å². The fraction of sp³-hybridized carbons (Fsp3) is 0.211. The van der Waals surface area contributed by atoms with E-state index in [9.17, 15) is 37.5 Å². The van der Waals surface area contributed by atoms with Gasteiger partial charge >= 0.3 is 11.9 Å². The van der Waals surface area contributed by atoms with Gasteiger partial charge in [-0.1, -0.05) is 0 Å². The third-order valence-electron chi connectivity index (χ3n) is 4.57. The van der Waals surface area contributed by atoms with Gasteiger partial charge in [-0.15, -0.1) is 0 Å². The second kappa shape index (κ2) is 9.62. The number of carbonyl (C=O) groups excluding carboxylic acids is 2. The van der Waals surface area contributed by atoms with Crippen LogP contribution in [0.15, 0.2) is 35.3 Å². The van der Waals surface area contributed by atoms with Crippen molar-refractivity contribution in [2.24, 2.45) is 0 Å². The number of alkyl halides is 3. The molecule has 184 valence electrons. The Morgan fingerprint density at radius 1 is 1.20 bits per heavy atom. The summed E-state index contributed by atoms with van der Waals surface area (Å²) in [6.45, 7) is 0.0845. The fourth-order valence-electron chi connectivity index (χ4n) is 2.79. The molecule has 0 saturated carbocycles. The Morgan fingerprint density at radius 2 is 1.86 bits per heavy atom. The molecule has 0 aliphatic heterocycles. The topological polar surface area (TPSA) is 216 Å². The van der Waals surface area contributed by atoms with Crippen LogP contribution in [-0.2, 0) is 16.1 Å². The summed E-state index contributed by atoms with van der Waals surface area (Å²) >= 11 is 0. The number of aromatic amines is 1. The Kier molecular flexibility index (Phi) is 6.84. The average molecular weight is 494 g/mol. The minimum absolute atomic E-state index is 0.0334. The number of carboxylic acid groups (broad SMARTS) is 2. The Morgan fingerprint density at radius 3 is 2.46 bits per heavy atom. The zero-order valence-corrected chi connectivity index (χ0v) is 17.3. The van der Waals surface area contributed by atoms with Crippen LogP contribution in [0.1, 0.15) is 16.1 Å². The van der Waals surface area contributed by atoms with Crippen LogP contribution in [0.3, 0.4) is 0 Å². The van der Waals surface area contributed by atoms with Gasteiger partial charge in [0.05, 0.1) is 18.4 Å². The van der Waals surface area contributed by atoms with Crippen LogP contribution in [0.5, 0.6) is 0 Å². The van der Waals surface area contributed by atoms with E-state index in [-0.39, 0.29) is 29.2 Å². The Bertz CT molecular complexity index is 1350. The lowest BCUT2D eigenvalue weighted by Crippen LogP contribution is -2.59. The van der Waals surface area contributed by atoms with E-state index < -0.39 is 41.5 Å². The number of benzene rings is 1. The molecule has 0 radical (unpaired) electrons. The number of amides is 1. The molecule has 3 aromatic rings. The predicted molar refractivity (Wildman–Crippen MR) is 110 cm³/mol. The van der Waals surface area contributed by atoms with Crippen molar-refractivity contribution in [3.63, 3.8) is 0 Å². The van der Waals surface area contributed by atoms with Gasteiger partial charge in [-0.05, 0) is 24.3 Å². The average Bonchev–Trinajstić information content (AvgIpc) is 2.80. The van der Waals surface area contributed by atoms with Gasteiger partial charge in [-0.3, -0.25) is 14.6 Å². The normalized spacial score (nSPS) is 13.1. The van der Waals surface area contributed by atoms with Crippen LogP contribution in [-0.4, -0.2) is 61.0 Å². The third-order valence-corrected chi connectivity index (χ3v) is 4.57. The zero-order chi connectivity index (χ0) is 25.9. The molecule has 0 bridgehead atoms. The predicted octanol–water partition coefficient (Wildman–Crippen LogP) is -1.19. The summed E-state index contributed by atoms with van der Waals surface area (Å²) in [7, 11) is 0. The standard InChI is InChI=1S/C19H16F3N7O6/c20-12(19(21,22)17(34)35)10(16(32)33)27-14(30)7-1-3-8(4-2-7)24-5-9-6-25-13-11(26-9)15(31)29-18(23)28-13/h1-4,6,10,12,24H,5H2,(H,27,30)(H,32,33)(H,34,35)(H3,23,25,28,29,31)/p-1/t10-,12?/m0/s1. The lowest BCUT2D eigenvalue weighted by Gasteiger charge is -2.26. The first-order valence-corrected chi connectivity index (χ1v) is 9.52. The second-order valence-electron chi connectivity index (χ2n) is 7.02. The summed E-state index contributed by atoms with van der Waals surface area (Å²) in [5, 5.41) is 23.8. The summed E-state index contributed by atoms with van der Waals surface area (Å²) < 4.78 is 40.5. The molecule has 0 fully saturated rings. The summed E-state index contributed by atoms with van der Waals surface area (Å²) in [5.74, 6) is -11.8. The van der Waals surface area contributed by atoms with Crippen LogP contribution in [0.4, 0.5) is 24.8 Å². The van der Waals surface area contributed by atoms with Crippen LogP contribution < -0.4 is 27.0 Å². The second-order valence-corrected chi connectivity index (χ2v) is 7.02. The molecule has 2 atom stereocenters. The van der Waals surface area contributed by atoms with E-state index in [0.717, 1.165) is 0 Å². The van der Waals surface area contributed by atoms with Crippen molar-refractivity contribution in [3.8, 4) is 0 Å². The highest BCUT2D eigenvalue weighted by Crippen LogP contribution is 2.24. The SMILES string of the molecule is Nc1nc2ncc(CNc3ccc(C(=O)N[C@H](C(=O)O)C(F)C(F)(F)C(=O)[O-])cc3)nc2c(=O)[nH]1. The van der Waals surface area contributed by atoms with Crippen LogP contribution >= 0.6 is 0 Å². The fourth-order valence-corrected chi connectivity index (χ4v) is 2.79. The van der Waals surface area contributed by atoms with Crippen molar-refractivity contribution < 1.29 is 37.8 Å². The third kappa shape index (κ3) is 5.43. The summed E-state index contributed by atoms with van der Waals surface area (Å²) in [5.41, 5.74) is 5.42. The Balaban J connectivity index is 1.67. The van der Waals surface area contributed by atoms with Crippen LogP contribution in [0, 0.1) is 0 Å². The number of halogens is 3. The summed E-state index contributed by atoms with van der Waals surface area (Å²) in [6, 6.07) is 2.20. The maximum atomic E-state index is 13.9. The van der Waals surface area contributed by atoms with Gasteiger partial charge in [0.15, 0.2) is 23.4 Å². The van der Waals surface area contributed by atoms with Gasteiger partial charge < -0.3 is 31.4 Å². The molecule has 1 aromatic carbocycles. The zero-order valence-electron chi connectivity index (χ0n) is 17.3. The minimum atomic E-state index is -5.15. The number of carbonyl (C=O) groups is 3. The van der Waals surface area contributed by atoms with E-state index in [1.54, 1.807) is 0 Å². The molecule has 0 aliphatic carbocycles. The quantitative estimate of drug-likeness (QED) is 0.238. The van der Waals surface area contributed by atoms with Crippen LogP contribution in [0.2, 0.25) is 0 Å². The smallest absolute Gasteiger partial charge is 0.329 e. The molecule has 0 aliphatic rings. The molecule has 35 heavy (non-hydrogen) atoms. The number of hydrogen-bond donors (Lipinski definition) is 5. The van der Waals surface area contributed by atoms with E-state index in [1.807, 2.05) is 0 Å². The highest BCUT2D eigenvalue weighted by atomic mass is 19.3. The van der Waals surface area contributed by atoms with Crippen molar-refractivity contribution in [2.45, 2.75) is 24.7 Å². The molecule has 1 unspecified atom stereocenters.